The molecule has 1 heterocycles. The van der Waals surface area contributed by atoms with E-state index in [0.29, 0.717) is 6.04 Å². The molecule has 1 fully saturated rings. The van der Waals surface area contributed by atoms with Gasteiger partial charge < -0.3 is 10.2 Å². The van der Waals surface area contributed by atoms with E-state index in [9.17, 15) is 0 Å². The Labute approximate surface area is 94.8 Å². The Morgan fingerprint density at radius 3 is 2.73 bits per heavy atom. The van der Waals surface area contributed by atoms with Crippen LogP contribution in [0.3, 0.4) is 0 Å². The third kappa shape index (κ3) is 4.49. The molecule has 15 heavy (non-hydrogen) atoms. The van der Waals surface area contributed by atoms with Gasteiger partial charge >= 0.3 is 0 Å². The SMILES string of the molecule is CCCCCN1CCN(C)CC1CNC. The maximum atomic E-state index is 3.31. The molecule has 0 aromatic rings. The van der Waals surface area contributed by atoms with Gasteiger partial charge in [0.25, 0.3) is 0 Å². The Bertz CT molecular complexity index is 161. The fourth-order valence-corrected chi connectivity index (χ4v) is 2.34. The molecule has 0 aromatic heterocycles. The Hall–Kier alpha value is -0.120. The van der Waals surface area contributed by atoms with Crippen LogP contribution in [0.1, 0.15) is 26.2 Å². The summed E-state index contributed by atoms with van der Waals surface area (Å²) in [5.41, 5.74) is 0. The number of nitrogens with zero attached hydrogens (tertiary/aromatic N) is 2. The summed E-state index contributed by atoms with van der Waals surface area (Å²) in [6.07, 6.45) is 4.06. The first-order valence-electron chi connectivity index (χ1n) is 6.35. The van der Waals surface area contributed by atoms with Crippen LogP contribution in [-0.2, 0) is 0 Å². The number of unbranched alkanes of at least 4 members (excludes halogenated alkanes) is 2. The predicted octanol–water partition coefficient (Wildman–Crippen LogP) is 1.01. The molecule has 1 unspecified atom stereocenters. The van der Waals surface area contributed by atoms with E-state index in [4.69, 9.17) is 0 Å². The minimum Gasteiger partial charge on any atom is -0.318 e. The quantitative estimate of drug-likeness (QED) is 0.664. The molecule has 1 saturated heterocycles. The van der Waals surface area contributed by atoms with Crippen molar-refractivity contribution in [1.29, 1.82) is 0 Å². The second-order valence-corrected chi connectivity index (χ2v) is 4.72. The van der Waals surface area contributed by atoms with Crippen molar-refractivity contribution in [2.75, 3.05) is 46.8 Å². The highest BCUT2D eigenvalue weighted by Gasteiger charge is 2.23. The Morgan fingerprint density at radius 2 is 2.07 bits per heavy atom. The smallest absolute Gasteiger partial charge is 0.0348 e. The highest BCUT2D eigenvalue weighted by Crippen LogP contribution is 2.09. The van der Waals surface area contributed by atoms with Gasteiger partial charge in [-0.1, -0.05) is 19.8 Å². The molecule has 1 aliphatic heterocycles. The van der Waals surface area contributed by atoms with Gasteiger partial charge in [0.2, 0.25) is 0 Å². The van der Waals surface area contributed by atoms with Crippen molar-refractivity contribution in [2.45, 2.75) is 32.2 Å². The average molecular weight is 213 g/mol. The second kappa shape index (κ2) is 7.20. The van der Waals surface area contributed by atoms with Crippen LogP contribution in [0.2, 0.25) is 0 Å². The molecule has 3 heteroatoms. The van der Waals surface area contributed by atoms with Crippen LogP contribution in [0.5, 0.6) is 0 Å². The molecule has 0 spiro atoms. The van der Waals surface area contributed by atoms with E-state index in [1.54, 1.807) is 0 Å². The standard InChI is InChI=1S/C12H27N3/c1-4-5-6-7-15-9-8-14(3)11-12(15)10-13-2/h12-13H,4-11H2,1-3H3. The Balaban J connectivity index is 2.31. The lowest BCUT2D eigenvalue weighted by molar-refractivity contribution is 0.0888. The summed E-state index contributed by atoms with van der Waals surface area (Å²) >= 11 is 0. The molecule has 1 rings (SSSR count). The van der Waals surface area contributed by atoms with Gasteiger partial charge in [-0.3, -0.25) is 4.90 Å². The third-order valence-electron chi connectivity index (χ3n) is 3.30. The van der Waals surface area contributed by atoms with Crippen LogP contribution in [0.25, 0.3) is 0 Å². The van der Waals surface area contributed by atoms with E-state index >= 15 is 0 Å². The molecule has 1 aliphatic rings. The van der Waals surface area contributed by atoms with E-state index < -0.39 is 0 Å². The highest BCUT2D eigenvalue weighted by atomic mass is 15.3. The normalized spacial score (nSPS) is 24.6. The molecule has 0 aliphatic carbocycles. The van der Waals surface area contributed by atoms with E-state index in [-0.39, 0.29) is 0 Å². The summed E-state index contributed by atoms with van der Waals surface area (Å²) in [7, 11) is 4.28. The largest absolute Gasteiger partial charge is 0.318 e. The number of likely N-dealkylation sites (N-methyl/N-ethyl adjacent to an activating group) is 2. The van der Waals surface area contributed by atoms with Crippen LogP contribution in [0, 0.1) is 0 Å². The summed E-state index contributed by atoms with van der Waals surface area (Å²) in [4.78, 5) is 5.10. The van der Waals surface area contributed by atoms with Crippen molar-refractivity contribution in [3.63, 3.8) is 0 Å². The lowest BCUT2D eigenvalue weighted by Crippen LogP contribution is -2.55. The van der Waals surface area contributed by atoms with Gasteiger partial charge in [-0.25, -0.2) is 0 Å². The summed E-state index contributed by atoms with van der Waals surface area (Å²) in [5, 5.41) is 3.31. The molecular weight excluding hydrogens is 186 g/mol. The van der Waals surface area contributed by atoms with E-state index in [1.165, 1.54) is 45.4 Å². The lowest BCUT2D eigenvalue weighted by Gasteiger charge is -2.40. The van der Waals surface area contributed by atoms with Crippen molar-refractivity contribution in [2.24, 2.45) is 0 Å². The molecule has 1 atom stereocenters. The van der Waals surface area contributed by atoms with E-state index in [1.807, 2.05) is 0 Å². The summed E-state index contributed by atoms with van der Waals surface area (Å²) in [6.45, 7) is 8.37. The Morgan fingerprint density at radius 1 is 1.27 bits per heavy atom. The molecule has 0 aromatic carbocycles. The first-order chi connectivity index (χ1) is 7.27. The zero-order valence-electron chi connectivity index (χ0n) is 10.6. The molecule has 0 radical (unpaired) electrons. The third-order valence-corrected chi connectivity index (χ3v) is 3.30. The zero-order chi connectivity index (χ0) is 11.1. The highest BCUT2D eigenvalue weighted by molar-refractivity contribution is 4.81. The van der Waals surface area contributed by atoms with Gasteiger partial charge in [0.1, 0.15) is 0 Å². The van der Waals surface area contributed by atoms with Gasteiger partial charge in [0.15, 0.2) is 0 Å². The van der Waals surface area contributed by atoms with Crippen LogP contribution in [0.4, 0.5) is 0 Å². The van der Waals surface area contributed by atoms with Crippen LogP contribution in [0.15, 0.2) is 0 Å². The van der Waals surface area contributed by atoms with Crippen molar-refractivity contribution in [3.8, 4) is 0 Å². The summed E-state index contributed by atoms with van der Waals surface area (Å²) in [6, 6.07) is 0.714. The lowest BCUT2D eigenvalue weighted by atomic mass is 10.1. The molecule has 1 N–H and O–H groups in total. The van der Waals surface area contributed by atoms with Gasteiger partial charge in [-0.15, -0.1) is 0 Å². The monoisotopic (exact) mass is 213 g/mol. The second-order valence-electron chi connectivity index (χ2n) is 4.72. The summed E-state index contributed by atoms with van der Waals surface area (Å²) in [5.74, 6) is 0. The molecule has 0 amide bonds. The van der Waals surface area contributed by atoms with Crippen molar-refractivity contribution in [3.05, 3.63) is 0 Å². The summed E-state index contributed by atoms with van der Waals surface area (Å²) < 4.78 is 0. The van der Waals surface area contributed by atoms with Crippen molar-refractivity contribution in [1.82, 2.24) is 15.1 Å². The Kier molecular flexibility index (Phi) is 6.22. The number of hydrogen-bond acceptors (Lipinski definition) is 3. The van der Waals surface area contributed by atoms with Crippen molar-refractivity contribution >= 4 is 0 Å². The first kappa shape index (κ1) is 12.9. The molecule has 90 valence electrons. The number of hydrogen-bond donors (Lipinski definition) is 1. The average Bonchev–Trinajstić information content (AvgIpc) is 2.22. The van der Waals surface area contributed by atoms with E-state index in [0.717, 1.165) is 6.54 Å². The zero-order valence-corrected chi connectivity index (χ0v) is 10.6. The maximum absolute atomic E-state index is 3.31. The first-order valence-corrected chi connectivity index (χ1v) is 6.35. The van der Waals surface area contributed by atoms with Crippen molar-refractivity contribution < 1.29 is 0 Å². The molecule has 0 saturated carbocycles. The molecule has 3 nitrogen and oxygen atoms in total. The van der Waals surface area contributed by atoms with E-state index in [2.05, 4.69) is 36.1 Å². The number of rotatable bonds is 6. The topological polar surface area (TPSA) is 18.5 Å². The van der Waals surface area contributed by atoms with Crippen LogP contribution >= 0.6 is 0 Å². The fraction of sp³-hybridized carbons (Fsp3) is 1.00. The minimum atomic E-state index is 0.714. The molecule has 0 bridgehead atoms. The van der Waals surface area contributed by atoms with Gasteiger partial charge in [-0.2, -0.15) is 0 Å². The van der Waals surface area contributed by atoms with Gasteiger partial charge in [0.05, 0.1) is 0 Å². The number of nitrogens with one attached hydrogen (secondary N) is 1. The fourth-order valence-electron chi connectivity index (χ4n) is 2.34. The predicted molar refractivity (Wildman–Crippen MR) is 66.3 cm³/mol. The van der Waals surface area contributed by atoms with Crippen LogP contribution < -0.4 is 5.32 Å². The molecular formula is C12H27N3. The van der Waals surface area contributed by atoms with Gasteiger partial charge in [0, 0.05) is 32.2 Å². The van der Waals surface area contributed by atoms with Gasteiger partial charge in [-0.05, 0) is 27.1 Å². The maximum Gasteiger partial charge on any atom is 0.0348 e. The number of piperazine rings is 1. The minimum absolute atomic E-state index is 0.714. The van der Waals surface area contributed by atoms with Crippen LogP contribution in [-0.4, -0.2) is 62.7 Å².